The van der Waals surface area contributed by atoms with Crippen LogP contribution in [0.1, 0.15) is 63.8 Å². The molecule has 0 atom stereocenters. The van der Waals surface area contributed by atoms with E-state index in [4.69, 9.17) is 0 Å². The first kappa shape index (κ1) is 48.4. The van der Waals surface area contributed by atoms with Crippen molar-refractivity contribution in [3.63, 3.8) is 0 Å². The first-order valence-electron chi connectivity index (χ1n) is 23.6. The standard InChI is InChI=1S/C64H53F6N/c1-61(2,3)48-32-22-43(23-33-48)56-55(42-16-10-7-11-17-42)57(44-24-34-49(35-25-44)62(4,5)6)59(46-28-38-51(39-29-46)64(68,69)70)60(58(56)45-26-36-50(37-27-45)63(65,66)67)47-30-40-54(41-31-47)71(52-18-12-8-13-19-52)53-20-14-9-15-21-53/h7-41H,1-6H3. The third kappa shape index (κ3) is 10.0. The lowest BCUT2D eigenvalue weighted by atomic mass is 9.73. The second-order valence-electron chi connectivity index (χ2n) is 20.0. The van der Waals surface area contributed by atoms with E-state index < -0.39 is 23.5 Å². The summed E-state index contributed by atoms with van der Waals surface area (Å²) >= 11 is 0. The molecule has 0 aliphatic carbocycles. The zero-order valence-electron chi connectivity index (χ0n) is 40.4. The molecule has 0 bridgehead atoms. The number of para-hydroxylation sites is 2. The Kier molecular flexibility index (Phi) is 12.9. The number of hydrogen-bond donors (Lipinski definition) is 0. The molecule has 0 amide bonds. The molecule has 9 rings (SSSR count). The van der Waals surface area contributed by atoms with Gasteiger partial charge in [-0.15, -0.1) is 0 Å². The summed E-state index contributed by atoms with van der Waals surface area (Å²) in [6, 6.07) is 65.0. The van der Waals surface area contributed by atoms with Gasteiger partial charge in [-0.2, -0.15) is 26.3 Å². The minimum absolute atomic E-state index is 0.191. The average Bonchev–Trinajstić information content (AvgIpc) is 3.36. The van der Waals surface area contributed by atoms with Crippen LogP contribution < -0.4 is 4.90 Å². The van der Waals surface area contributed by atoms with Gasteiger partial charge in [0.05, 0.1) is 11.1 Å². The third-order valence-corrected chi connectivity index (χ3v) is 13.1. The molecule has 0 aromatic heterocycles. The van der Waals surface area contributed by atoms with Crippen molar-refractivity contribution in [2.45, 2.75) is 64.7 Å². The van der Waals surface area contributed by atoms with Gasteiger partial charge in [0.15, 0.2) is 0 Å². The van der Waals surface area contributed by atoms with E-state index in [-0.39, 0.29) is 10.8 Å². The predicted octanol–water partition coefficient (Wildman–Crippen LogP) is 19.8. The van der Waals surface area contributed by atoms with Crippen LogP contribution in [0.3, 0.4) is 0 Å². The van der Waals surface area contributed by atoms with Crippen molar-refractivity contribution in [2.24, 2.45) is 0 Å². The number of alkyl halides is 6. The van der Waals surface area contributed by atoms with Gasteiger partial charge in [0, 0.05) is 17.1 Å². The normalized spacial score (nSPS) is 12.2. The Balaban J connectivity index is 1.49. The molecule has 0 N–H and O–H groups in total. The Labute approximate surface area is 412 Å². The van der Waals surface area contributed by atoms with Gasteiger partial charge in [-0.25, -0.2) is 0 Å². The van der Waals surface area contributed by atoms with Crippen LogP contribution in [0.15, 0.2) is 212 Å². The van der Waals surface area contributed by atoms with Crippen molar-refractivity contribution >= 4 is 17.1 Å². The zero-order chi connectivity index (χ0) is 50.3. The highest BCUT2D eigenvalue weighted by Gasteiger charge is 2.34. The minimum atomic E-state index is -4.60. The zero-order valence-corrected chi connectivity index (χ0v) is 40.4. The van der Waals surface area contributed by atoms with Crippen LogP contribution in [0, 0.1) is 0 Å². The van der Waals surface area contributed by atoms with Gasteiger partial charge >= 0.3 is 12.4 Å². The second kappa shape index (κ2) is 18.9. The van der Waals surface area contributed by atoms with Crippen LogP contribution in [0.4, 0.5) is 43.4 Å². The molecule has 1 nitrogen and oxygen atoms in total. The highest BCUT2D eigenvalue weighted by Crippen LogP contribution is 2.57. The number of nitrogens with zero attached hydrogens (tertiary/aromatic N) is 1. The number of benzene rings is 9. The molecule has 0 saturated carbocycles. The van der Waals surface area contributed by atoms with Crippen LogP contribution >= 0.6 is 0 Å². The fourth-order valence-corrected chi connectivity index (χ4v) is 9.39. The van der Waals surface area contributed by atoms with Crippen molar-refractivity contribution in [1.29, 1.82) is 0 Å². The van der Waals surface area contributed by atoms with Crippen LogP contribution in [-0.2, 0) is 23.2 Å². The maximum absolute atomic E-state index is 14.4. The topological polar surface area (TPSA) is 3.24 Å². The van der Waals surface area contributed by atoms with E-state index in [0.29, 0.717) is 33.4 Å². The smallest absolute Gasteiger partial charge is 0.311 e. The van der Waals surface area contributed by atoms with Crippen LogP contribution in [0.5, 0.6) is 0 Å². The first-order valence-corrected chi connectivity index (χ1v) is 23.6. The second-order valence-corrected chi connectivity index (χ2v) is 20.0. The molecule has 9 aromatic carbocycles. The van der Waals surface area contributed by atoms with Crippen LogP contribution in [0.2, 0.25) is 0 Å². The SMILES string of the molecule is CC(C)(C)c1ccc(-c2c(-c3ccccc3)c(-c3ccc(C(C)(C)C)cc3)c(-c3ccc(C(F)(F)F)cc3)c(-c3ccc(N(c4ccccc4)c4ccccc4)cc3)c2-c2ccc(C(F)(F)F)cc2)cc1. The average molecular weight is 950 g/mol. The molecule has 7 heteroatoms. The molecular weight excluding hydrogens is 897 g/mol. The van der Waals surface area contributed by atoms with Crippen LogP contribution in [-0.4, -0.2) is 0 Å². The highest BCUT2D eigenvalue weighted by atomic mass is 19.4. The molecule has 0 heterocycles. The minimum Gasteiger partial charge on any atom is -0.311 e. The fourth-order valence-electron chi connectivity index (χ4n) is 9.39. The molecular formula is C64H53F6N. The summed E-state index contributed by atoms with van der Waals surface area (Å²) in [6.07, 6.45) is -9.20. The Hall–Kier alpha value is -7.64. The number of hydrogen-bond acceptors (Lipinski definition) is 1. The molecule has 71 heavy (non-hydrogen) atoms. The van der Waals surface area contributed by atoms with Gasteiger partial charge in [0.1, 0.15) is 0 Å². The summed E-state index contributed by atoms with van der Waals surface area (Å²) in [5.74, 6) is 0. The summed E-state index contributed by atoms with van der Waals surface area (Å²) in [5.41, 5.74) is 11.3. The summed E-state index contributed by atoms with van der Waals surface area (Å²) in [7, 11) is 0. The lowest BCUT2D eigenvalue weighted by molar-refractivity contribution is -0.138. The summed E-state index contributed by atoms with van der Waals surface area (Å²) in [6.45, 7) is 12.8. The van der Waals surface area contributed by atoms with Gasteiger partial charge in [-0.05, 0) is 149 Å². The van der Waals surface area contributed by atoms with Crippen molar-refractivity contribution in [3.8, 4) is 66.8 Å². The number of anilines is 3. The maximum atomic E-state index is 14.4. The quantitative estimate of drug-likeness (QED) is 0.130. The lowest BCUT2D eigenvalue weighted by Gasteiger charge is -2.30. The van der Waals surface area contributed by atoms with Crippen LogP contribution in [0.25, 0.3) is 66.8 Å². The maximum Gasteiger partial charge on any atom is 0.416 e. The van der Waals surface area contributed by atoms with Gasteiger partial charge < -0.3 is 4.90 Å². The fraction of sp³-hybridized carbons (Fsp3) is 0.156. The summed E-state index contributed by atoms with van der Waals surface area (Å²) in [4.78, 5) is 2.14. The van der Waals surface area contributed by atoms with Crippen molar-refractivity contribution in [1.82, 2.24) is 0 Å². The summed E-state index contributed by atoms with van der Waals surface area (Å²) in [5, 5.41) is 0. The molecule has 356 valence electrons. The molecule has 0 spiro atoms. The largest absolute Gasteiger partial charge is 0.416 e. The van der Waals surface area contributed by atoms with Gasteiger partial charge in [0.2, 0.25) is 0 Å². The lowest BCUT2D eigenvalue weighted by Crippen LogP contribution is -2.11. The highest BCUT2D eigenvalue weighted by molar-refractivity contribution is 6.15. The Morgan fingerprint density at radius 3 is 0.704 bits per heavy atom. The Bertz CT molecular complexity index is 3070. The van der Waals surface area contributed by atoms with Gasteiger partial charge in [-0.3, -0.25) is 0 Å². The Morgan fingerprint density at radius 1 is 0.239 bits per heavy atom. The molecule has 0 aliphatic heterocycles. The van der Waals surface area contributed by atoms with E-state index >= 15 is 0 Å². The molecule has 0 unspecified atom stereocenters. The Morgan fingerprint density at radius 2 is 0.451 bits per heavy atom. The summed E-state index contributed by atoms with van der Waals surface area (Å²) < 4.78 is 86.6. The van der Waals surface area contributed by atoms with Gasteiger partial charge in [0.25, 0.3) is 0 Å². The molecule has 9 aromatic rings. The van der Waals surface area contributed by atoms with E-state index in [2.05, 4.69) is 95.0 Å². The van der Waals surface area contributed by atoms with E-state index in [1.54, 1.807) is 0 Å². The van der Waals surface area contributed by atoms with Crippen molar-refractivity contribution in [2.75, 3.05) is 4.90 Å². The third-order valence-electron chi connectivity index (χ3n) is 13.1. The molecule has 0 fully saturated rings. The van der Waals surface area contributed by atoms with Gasteiger partial charge in [-0.1, -0.05) is 193 Å². The number of halogens is 6. The number of rotatable bonds is 9. The predicted molar refractivity (Wildman–Crippen MR) is 281 cm³/mol. The monoisotopic (exact) mass is 949 g/mol. The van der Waals surface area contributed by atoms with Crippen molar-refractivity contribution in [3.05, 3.63) is 235 Å². The molecule has 0 radical (unpaired) electrons. The van der Waals surface area contributed by atoms with E-state index in [1.807, 2.05) is 115 Å². The van der Waals surface area contributed by atoms with E-state index in [1.165, 1.54) is 24.3 Å². The van der Waals surface area contributed by atoms with Crippen molar-refractivity contribution < 1.29 is 26.3 Å². The molecule has 0 saturated heterocycles. The van der Waals surface area contributed by atoms with E-state index in [9.17, 15) is 26.3 Å². The molecule has 0 aliphatic rings. The first-order chi connectivity index (χ1) is 33.8. The van der Waals surface area contributed by atoms with E-state index in [0.717, 1.165) is 85.8 Å².